The second-order valence-corrected chi connectivity index (χ2v) is 5.78. The highest BCUT2D eigenvalue weighted by atomic mass is 15.1. The maximum Gasteiger partial charge on any atom is 0.169 e. The van der Waals surface area contributed by atoms with E-state index in [9.17, 15) is 0 Å². The Bertz CT molecular complexity index is 996. The fourth-order valence-corrected chi connectivity index (χ4v) is 2.85. The zero-order valence-corrected chi connectivity index (χ0v) is 13.5. The molecule has 0 aliphatic heterocycles. The number of rotatable bonds is 3. The van der Waals surface area contributed by atoms with E-state index in [4.69, 9.17) is 0 Å². The molecule has 0 aliphatic carbocycles. The number of aryl methyl sites for hydroxylation is 1. The summed E-state index contributed by atoms with van der Waals surface area (Å²) in [4.78, 5) is 4.52. The van der Waals surface area contributed by atoms with Crippen molar-refractivity contribution in [3.63, 3.8) is 0 Å². The summed E-state index contributed by atoms with van der Waals surface area (Å²) in [6, 6.07) is 20.8. The topological polar surface area (TPSA) is 21.7 Å². The summed E-state index contributed by atoms with van der Waals surface area (Å²) >= 11 is 0. The van der Waals surface area contributed by atoms with Crippen LogP contribution in [0.1, 0.15) is 11.3 Å². The highest BCUT2D eigenvalue weighted by Gasteiger charge is 2.08. The molecule has 0 saturated carbocycles. The fourth-order valence-electron chi connectivity index (χ4n) is 2.85. The molecule has 0 saturated heterocycles. The van der Waals surface area contributed by atoms with E-state index in [1.165, 1.54) is 10.9 Å². The van der Waals surface area contributed by atoms with Crippen molar-refractivity contribution in [2.24, 2.45) is 7.05 Å². The molecule has 3 heterocycles. The number of hydrogen-bond donors (Lipinski definition) is 0. The second kappa shape index (κ2) is 6.13. The second-order valence-electron chi connectivity index (χ2n) is 5.78. The minimum atomic E-state index is 0.929. The molecule has 0 amide bonds. The van der Waals surface area contributed by atoms with E-state index in [0.29, 0.717) is 0 Å². The number of pyridine rings is 2. The molecule has 0 N–H and O–H groups in total. The summed E-state index contributed by atoms with van der Waals surface area (Å²) in [5.41, 5.74) is 3.45. The highest BCUT2D eigenvalue weighted by molar-refractivity contribution is 5.87. The molecule has 0 atom stereocenters. The Morgan fingerprint density at radius 2 is 1.71 bits per heavy atom. The van der Waals surface area contributed by atoms with Crippen molar-refractivity contribution in [3.8, 4) is 5.82 Å². The zero-order valence-electron chi connectivity index (χ0n) is 13.5. The quantitative estimate of drug-likeness (QED) is 0.524. The largest absolute Gasteiger partial charge is 0.294 e. The highest BCUT2D eigenvalue weighted by Crippen LogP contribution is 2.24. The molecule has 0 fully saturated rings. The molecule has 3 aromatic heterocycles. The smallest absolute Gasteiger partial charge is 0.169 e. The number of fused-ring (bicyclic) bond motifs is 1. The molecule has 4 aromatic rings. The molecule has 3 heteroatoms. The van der Waals surface area contributed by atoms with Gasteiger partial charge in [0.2, 0.25) is 0 Å². The van der Waals surface area contributed by atoms with Gasteiger partial charge in [-0.05, 0) is 35.9 Å². The van der Waals surface area contributed by atoms with Crippen LogP contribution in [-0.2, 0) is 7.05 Å². The third-order valence-electron chi connectivity index (χ3n) is 4.07. The Morgan fingerprint density at radius 3 is 2.50 bits per heavy atom. The maximum atomic E-state index is 4.52. The van der Waals surface area contributed by atoms with Gasteiger partial charge >= 0.3 is 0 Å². The molecule has 24 heavy (non-hydrogen) atoms. The van der Waals surface area contributed by atoms with E-state index in [1.54, 1.807) is 0 Å². The predicted octanol–water partition coefficient (Wildman–Crippen LogP) is 4.02. The van der Waals surface area contributed by atoms with Gasteiger partial charge in [0.25, 0.3) is 0 Å². The summed E-state index contributed by atoms with van der Waals surface area (Å²) in [7, 11) is 2.02. The molecule has 0 aliphatic rings. The number of benzene rings is 1. The molecule has 0 bridgehead atoms. The van der Waals surface area contributed by atoms with Gasteiger partial charge in [0, 0.05) is 29.4 Å². The summed E-state index contributed by atoms with van der Waals surface area (Å²) in [6.45, 7) is 0. The minimum Gasteiger partial charge on any atom is -0.294 e. The van der Waals surface area contributed by atoms with Crippen molar-refractivity contribution >= 4 is 23.1 Å². The molecular weight excluding hydrogens is 294 g/mol. The number of nitrogens with zero attached hydrogens (tertiary/aromatic N) is 3. The third-order valence-corrected chi connectivity index (χ3v) is 4.07. The Kier molecular flexibility index (Phi) is 3.67. The Balaban J connectivity index is 1.84. The lowest BCUT2D eigenvalue weighted by atomic mass is 10.2. The third kappa shape index (κ3) is 2.72. The first-order valence-corrected chi connectivity index (χ1v) is 7.96. The molecule has 3 nitrogen and oxygen atoms in total. The fraction of sp³-hybridized carbons (Fsp3) is 0.0476. The standard InChI is InChI=1S/C21H18N3/c1-23-14-11-17(12-15-23)9-10-19-16-18-6-2-3-7-20(18)24(19)21-8-4-5-13-22-21/h2-16H,1H3/q+1. The SMILES string of the molecule is C[n+]1ccc(/C=C/c2cc3ccccc3n2-c2ccccn2)cc1. The van der Waals surface area contributed by atoms with E-state index < -0.39 is 0 Å². The van der Waals surface area contributed by atoms with Crippen LogP contribution in [0.25, 0.3) is 28.9 Å². The molecule has 4 rings (SSSR count). The van der Waals surface area contributed by atoms with E-state index in [2.05, 4.69) is 64.2 Å². The van der Waals surface area contributed by atoms with Crippen LogP contribution in [0.5, 0.6) is 0 Å². The monoisotopic (exact) mass is 312 g/mol. The average molecular weight is 312 g/mol. The molecule has 1 aromatic carbocycles. The summed E-state index contributed by atoms with van der Waals surface area (Å²) in [5.74, 6) is 0.929. The average Bonchev–Trinajstić information content (AvgIpc) is 3.00. The summed E-state index contributed by atoms with van der Waals surface area (Å²) in [5, 5.41) is 1.21. The lowest BCUT2D eigenvalue weighted by Crippen LogP contribution is -2.25. The van der Waals surface area contributed by atoms with Gasteiger partial charge in [0.1, 0.15) is 12.9 Å². The van der Waals surface area contributed by atoms with Crippen LogP contribution < -0.4 is 4.57 Å². The van der Waals surface area contributed by atoms with Crippen LogP contribution >= 0.6 is 0 Å². The van der Waals surface area contributed by atoms with Gasteiger partial charge in [-0.15, -0.1) is 0 Å². The van der Waals surface area contributed by atoms with Crippen LogP contribution in [0.3, 0.4) is 0 Å². The van der Waals surface area contributed by atoms with Crippen LogP contribution in [0.15, 0.2) is 79.3 Å². The van der Waals surface area contributed by atoms with Crippen molar-refractivity contribution in [2.45, 2.75) is 0 Å². The van der Waals surface area contributed by atoms with E-state index in [1.807, 2.05) is 48.4 Å². The molecule has 0 unspecified atom stereocenters. The van der Waals surface area contributed by atoms with Gasteiger partial charge in [-0.3, -0.25) is 4.57 Å². The lowest BCUT2D eigenvalue weighted by molar-refractivity contribution is -0.671. The van der Waals surface area contributed by atoms with Gasteiger partial charge in [0.05, 0.1) is 5.52 Å². The van der Waals surface area contributed by atoms with Gasteiger partial charge in [-0.1, -0.05) is 30.3 Å². The minimum absolute atomic E-state index is 0.929. The van der Waals surface area contributed by atoms with Crippen molar-refractivity contribution < 1.29 is 4.57 Å². The van der Waals surface area contributed by atoms with Crippen molar-refractivity contribution in [1.82, 2.24) is 9.55 Å². The van der Waals surface area contributed by atoms with Crippen molar-refractivity contribution in [2.75, 3.05) is 0 Å². The van der Waals surface area contributed by atoms with Gasteiger partial charge in [-0.25, -0.2) is 9.55 Å². The predicted molar refractivity (Wildman–Crippen MR) is 97.6 cm³/mol. The summed E-state index contributed by atoms with van der Waals surface area (Å²) in [6.07, 6.45) is 10.2. The van der Waals surface area contributed by atoms with Crippen LogP contribution in [0.2, 0.25) is 0 Å². The van der Waals surface area contributed by atoms with E-state index >= 15 is 0 Å². The first kappa shape index (κ1) is 14.4. The van der Waals surface area contributed by atoms with Crippen molar-refractivity contribution in [3.05, 3.63) is 90.5 Å². The molecular formula is C21H18N3+. The van der Waals surface area contributed by atoms with Gasteiger partial charge in [0.15, 0.2) is 12.4 Å². The number of aromatic nitrogens is 3. The Morgan fingerprint density at radius 1 is 0.917 bits per heavy atom. The molecule has 0 spiro atoms. The van der Waals surface area contributed by atoms with Gasteiger partial charge < -0.3 is 0 Å². The van der Waals surface area contributed by atoms with Crippen LogP contribution in [-0.4, -0.2) is 9.55 Å². The first-order valence-electron chi connectivity index (χ1n) is 7.96. The summed E-state index contributed by atoms with van der Waals surface area (Å²) < 4.78 is 4.22. The van der Waals surface area contributed by atoms with Crippen molar-refractivity contribution in [1.29, 1.82) is 0 Å². The van der Waals surface area contributed by atoms with E-state index in [0.717, 1.165) is 17.0 Å². The molecule has 116 valence electrons. The Hall–Kier alpha value is -3.20. The molecule has 0 radical (unpaired) electrons. The lowest BCUT2D eigenvalue weighted by Gasteiger charge is -2.07. The van der Waals surface area contributed by atoms with Crippen LogP contribution in [0, 0.1) is 0 Å². The van der Waals surface area contributed by atoms with Crippen LogP contribution in [0.4, 0.5) is 0 Å². The Labute approximate surface area is 141 Å². The van der Waals surface area contributed by atoms with Gasteiger partial charge in [-0.2, -0.15) is 0 Å². The normalized spacial score (nSPS) is 11.4. The number of hydrogen-bond acceptors (Lipinski definition) is 1. The van der Waals surface area contributed by atoms with E-state index in [-0.39, 0.29) is 0 Å². The maximum absolute atomic E-state index is 4.52. The zero-order chi connectivity index (χ0) is 16.4. The number of para-hydroxylation sites is 1. The first-order chi connectivity index (χ1) is 11.8.